The van der Waals surface area contributed by atoms with Gasteiger partial charge in [-0.1, -0.05) is 20.8 Å². The summed E-state index contributed by atoms with van der Waals surface area (Å²) in [5.41, 5.74) is 0. The Bertz CT molecular complexity index is 486. The normalized spacial score (nSPS) is 58.4. The molecule has 25 heavy (non-hydrogen) atoms. The van der Waals surface area contributed by atoms with Crippen molar-refractivity contribution in [1.29, 1.82) is 0 Å². The molecule has 0 amide bonds. The van der Waals surface area contributed by atoms with E-state index in [2.05, 4.69) is 25.7 Å². The zero-order valence-corrected chi connectivity index (χ0v) is 17.0. The monoisotopic (exact) mass is 343 g/mol. The second-order valence-electron chi connectivity index (χ2n) is 11.3. The fraction of sp³-hybridized carbons (Fsp3) is 1.00. The fourth-order valence-electron chi connectivity index (χ4n) is 8.17. The maximum Gasteiger partial charge on any atom is 0.0121 e. The molecule has 3 aliphatic carbocycles. The van der Waals surface area contributed by atoms with Crippen LogP contribution in [0.3, 0.4) is 0 Å². The Hall–Kier alpha value is -0.0400. The van der Waals surface area contributed by atoms with Crippen molar-refractivity contribution in [2.24, 2.45) is 53.3 Å². The Kier molecular flexibility index (Phi) is 4.47. The van der Waals surface area contributed by atoms with Crippen LogP contribution in [0.4, 0.5) is 0 Å². The second kappa shape index (κ2) is 6.54. The highest BCUT2D eigenvalue weighted by Gasteiger charge is 2.51. The van der Waals surface area contributed by atoms with Crippen molar-refractivity contribution >= 4 is 0 Å². The second-order valence-corrected chi connectivity index (χ2v) is 11.3. The Balaban J connectivity index is 1.35. The SMILES string of the molecule is CC1CC2CCC2C(C)C2C[C@@H]2C2CCC([C@@H](C)C2)N2CC[C@@H](C1)C2. The van der Waals surface area contributed by atoms with Gasteiger partial charge in [-0.15, -0.1) is 0 Å². The molecule has 6 fully saturated rings. The molecule has 3 saturated carbocycles. The van der Waals surface area contributed by atoms with Gasteiger partial charge in [-0.25, -0.2) is 0 Å². The molecule has 11 atom stereocenters. The van der Waals surface area contributed by atoms with E-state index in [-0.39, 0.29) is 0 Å². The molecule has 142 valence electrons. The molecule has 0 N–H and O–H groups in total. The smallest absolute Gasteiger partial charge is 0.0121 e. The minimum atomic E-state index is 0.924. The van der Waals surface area contributed by atoms with Gasteiger partial charge in [0.1, 0.15) is 0 Å². The average Bonchev–Trinajstić information content (AvgIpc) is 3.24. The summed E-state index contributed by atoms with van der Waals surface area (Å²) in [6, 6.07) is 0.924. The topological polar surface area (TPSA) is 3.24 Å². The summed E-state index contributed by atoms with van der Waals surface area (Å²) in [6.45, 7) is 10.7. The van der Waals surface area contributed by atoms with Crippen LogP contribution in [0, 0.1) is 53.3 Å². The first-order valence-corrected chi connectivity index (χ1v) is 11.8. The predicted molar refractivity (Wildman–Crippen MR) is 105 cm³/mol. The van der Waals surface area contributed by atoms with Gasteiger partial charge >= 0.3 is 0 Å². The highest BCUT2D eigenvalue weighted by molar-refractivity contribution is 5.01. The first-order valence-electron chi connectivity index (χ1n) is 11.8. The molecule has 0 aromatic carbocycles. The van der Waals surface area contributed by atoms with Crippen molar-refractivity contribution < 1.29 is 0 Å². The van der Waals surface area contributed by atoms with Gasteiger partial charge in [-0.2, -0.15) is 0 Å². The van der Waals surface area contributed by atoms with Crippen LogP contribution in [-0.4, -0.2) is 24.0 Å². The first kappa shape index (κ1) is 17.1. The maximum atomic E-state index is 2.93. The molecule has 6 aliphatic rings. The third-order valence-electron chi connectivity index (χ3n) is 9.72. The number of rotatable bonds is 0. The molecule has 0 aromatic heterocycles. The van der Waals surface area contributed by atoms with Crippen molar-refractivity contribution in [2.45, 2.75) is 84.6 Å². The molecule has 8 unspecified atom stereocenters. The Labute approximate surface area is 156 Å². The van der Waals surface area contributed by atoms with Crippen molar-refractivity contribution in [1.82, 2.24) is 4.90 Å². The van der Waals surface area contributed by atoms with Crippen LogP contribution in [0.1, 0.15) is 78.6 Å². The lowest BCUT2D eigenvalue weighted by Gasteiger charge is -2.43. The number of nitrogens with zero attached hydrogens (tertiary/aromatic N) is 1. The zero-order valence-electron chi connectivity index (χ0n) is 17.0. The van der Waals surface area contributed by atoms with E-state index in [0.717, 1.165) is 59.3 Å². The van der Waals surface area contributed by atoms with E-state index >= 15 is 0 Å². The summed E-state index contributed by atoms with van der Waals surface area (Å²) >= 11 is 0. The van der Waals surface area contributed by atoms with Gasteiger partial charge in [0, 0.05) is 12.6 Å². The fourth-order valence-corrected chi connectivity index (χ4v) is 8.17. The van der Waals surface area contributed by atoms with E-state index in [1.54, 1.807) is 38.5 Å². The maximum absolute atomic E-state index is 2.93. The van der Waals surface area contributed by atoms with Gasteiger partial charge in [0.15, 0.2) is 0 Å². The largest absolute Gasteiger partial charge is 0.300 e. The Morgan fingerprint density at radius 3 is 2.24 bits per heavy atom. The van der Waals surface area contributed by atoms with Gasteiger partial charge in [0.2, 0.25) is 0 Å². The molecule has 1 nitrogen and oxygen atoms in total. The summed E-state index contributed by atoms with van der Waals surface area (Å²) in [7, 11) is 0. The van der Waals surface area contributed by atoms with Crippen LogP contribution >= 0.6 is 0 Å². The van der Waals surface area contributed by atoms with Gasteiger partial charge in [-0.3, -0.25) is 4.90 Å². The van der Waals surface area contributed by atoms with Crippen LogP contribution in [0.25, 0.3) is 0 Å². The van der Waals surface area contributed by atoms with Crippen LogP contribution < -0.4 is 0 Å². The van der Waals surface area contributed by atoms with Crippen LogP contribution in [0.2, 0.25) is 0 Å². The molecule has 3 saturated heterocycles. The van der Waals surface area contributed by atoms with Gasteiger partial charge in [0.05, 0.1) is 0 Å². The van der Waals surface area contributed by atoms with E-state index in [9.17, 15) is 0 Å². The highest BCUT2D eigenvalue weighted by atomic mass is 15.2. The average molecular weight is 344 g/mol. The molecule has 3 heterocycles. The van der Waals surface area contributed by atoms with E-state index in [0.29, 0.717) is 0 Å². The molecular weight excluding hydrogens is 302 g/mol. The molecule has 1 heteroatoms. The third kappa shape index (κ3) is 3.11. The lowest BCUT2D eigenvalue weighted by Crippen LogP contribution is -2.42. The molecule has 6 rings (SSSR count). The summed E-state index contributed by atoms with van der Waals surface area (Å²) in [5.74, 6) is 9.46. The van der Waals surface area contributed by atoms with E-state index in [1.807, 2.05) is 0 Å². The highest BCUT2D eigenvalue weighted by Crippen LogP contribution is 2.59. The van der Waals surface area contributed by atoms with E-state index in [1.165, 1.54) is 32.4 Å². The summed E-state index contributed by atoms with van der Waals surface area (Å²) < 4.78 is 0. The van der Waals surface area contributed by atoms with Crippen LogP contribution in [0.15, 0.2) is 0 Å². The van der Waals surface area contributed by atoms with Crippen molar-refractivity contribution in [3.63, 3.8) is 0 Å². The van der Waals surface area contributed by atoms with Crippen molar-refractivity contribution in [3.05, 3.63) is 0 Å². The first-order chi connectivity index (χ1) is 12.1. The number of hydrogen-bond donors (Lipinski definition) is 0. The van der Waals surface area contributed by atoms with E-state index < -0.39 is 0 Å². The molecular formula is C24H41N. The van der Waals surface area contributed by atoms with Crippen molar-refractivity contribution in [3.8, 4) is 0 Å². The van der Waals surface area contributed by atoms with Gasteiger partial charge < -0.3 is 0 Å². The quantitative estimate of drug-likeness (QED) is 0.534. The molecule has 0 radical (unpaired) electrons. The minimum Gasteiger partial charge on any atom is -0.300 e. The van der Waals surface area contributed by atoms with E-state index in [4.69, 9.17) is 0 Å². The summed E-state index contributed by atoms with van der Waals surface area (Å²) in [5, 5.41) is 0. The van der Waals surface area contributed by atoms with Crippen molar-refractivity contribution in [2.75, 3.05) is 13.1 Å². The predicted octanol–water partition coefficient (Wildman–Crippen LogP) is 5.84. The molecule has 0 spiro atoms. The van der Waals surface area contributed by atoms with Gasteiger partial charge in [0.25, 0.3) is 0 Å². The molecule has 3 aliphatic heterocycles. The summed E-state index contributed by atoms with van der Waals surface area (Å²) in [6.07, 6.45) is 13.9. The number of fused-ring (bicyclic) bond motifs is 4. The standard InChI is InChI=1S/C24H41N/c1-15-10-18-8-9-25(14-18)24-7-5-20(12-16(24)2)23-13-22(23)17(3)21-6-4-19(21)11-15/h15-24H,4-14H2,1-3H3/t15?,16-,17?,18-,19?,20?,21?,22?,23+,24?/m0/s1. The van der Waals surface area contributed by atoms with Crippen LogP contribution in [0.5, 0.6) is 0 Å². The lowest BCUT2D eigenvalue weighted by atomic mass is 9.62. The Morgan fingerprint density at radius 1 is 0.680 bits per heavy atom. The van der Waals surface area contributed by atoms with Crippen LogP contribution in [-0.2, 0) is 0 Å². The molecule has 0 aromatic rings. The lowest BCUT2D eigenvalue weighted by molar-refractivity contribution is 0.0685. The summed E-state index contributed by atoms with van der Waals surface area (Å²) in [4.78, 5) is 2.93. The third-order valence-corrected chi connectivity index (χ3v) is 9.72. The Morgan fingerprint density at radius 2 is 1.48 bits per heavy atom. The molecule has 4 bridgehead atoms. The number of hydrogen-bond acceptors (Lipinski definition) is 1. The zero-order chi connectivity index (χ0) is 17.1. The van der Waals surface area contributed by atoms with Gasteiger partial charge in [-0.05, 0) is 118 Å². The minimum absolute atomic E-state index is 0.924.